The van der Waals surface area contributed by atoms with Crippen molar-refractivity contribution in [2.24, 2.45) is 7.05 Å². The minimum absolute atomic E-state index is 0.167. The lowest BCUT2D eigenvalue weighted by molar-refractivity contribution is -0.116. The van der Waals surface area contributed by atoms with Gasteiger partial charge in [0.1, 0.15) is 12.4 Å². The Bertz CT molecular complexity index is 1450. The molecule has 11 heteroatoms. The highest BCUT2D eigenvalue weighted by atomic mass is 32.2. The minimum atomic E-state index is -3.56. The average Bonchev–Trinajstić information content (AvgIpc) is 3.17. The molecule has 35 heavy (non-hydrogen) atoms. The van der Waals surface area contributed by atoms with E-state index in [1.54, 1.807) is 48.9 Å². The number of pyridine rings is 2. The van der Waals surface area contributed by atoms with Gasteiger partial charge in [-0.05, 0) is 48.0 Å². The normalized spacial score (nSPS) is 11.7. The highest BCUT2D eigenvalue weighted by Crippen LogP contribution is 2.24. The summed E-state index contributed by atoms with van der Waals surface area (Å²) in [4.78, 5) is 25.6. The number of benzene rings is 1. The number of imidazole rings is 1. The van der Waals surface area contributed by atoms with Crippen LogP contribution in [0.4, 0.5) is 5.82 Å². The lowest BCUT2D eigenvalue weighted by Gasteiger charge is -2.11. The van der Waals surface area contributed by atoms with E-state index >= 15 is 0 Å². The molecule has 0 saturated carbocycles. The standard InChI is InChI=1S/C24H26N6O4S/c1-29(2)35(32,33)18-6-7-20-19(15-18)27-22(30(20)3)8-9-23(31)28-24-21(5-4-12-26-24)34-16-17-10-13-25-14-11-17/h4-7,10-15H,8-9,16H2,1-3H3,(H,26,28,31). The minimum Gasteiger partial charge on any atom is -0.485 e. The van der Waals surface area contributed by atoms with E-state index in [0.717, 1.165) is 15.4 Å². The van der Waals surface area contributed by atoms with Gasteiger partial charge in [-0.1, -0.05) is 0 Å². The third kappa shape index (κ3) is 5.47. The maximum Gasteiger partial charge on any atom is 0.242 e. The number of sulfonamides is 1. The van der Waals surface area contributed by atoms with Crippen molar-refractivity contribution in [3.63, 3.8) is 0 Å². The molecular formula is C24H26N6O4S. The van der Waals surface area contributed by atoms with Gasteiger partial charge in [-0.15, -0.1) is 0 Å². The molecule has 3 aromatic heterocycles. The summed E-state index contributed by atoms with van der Waals surface area (Å²) in [7, 11) is 1.25. The number of aryl methyl sites for hydroxylation is 2. The lowest BCUT2D eigenvalue weighted by Crippen LogP contribution is -2.22. The van der Waals surface area contributed by atoms with Crippen molar-refractivity contribution in [3.8, 4) is 5.75 Å². The van der Waals surface area contributed by atoms with Gasteiger partial charge in [-0.3, -0.25) is 9.78 Å². The summed E-state index contributed by atoms with van der Waals surface area (Å²) in [5.41, 5.74) is 2.29. The Morgan fingerprint density at radius 1 is 1.11 bits per heavy atom. The number of carbonyl (C=O) groups is 1. The molecule has 1 amide bonds. The first-order chi connectivity index (χ1) is 16.8. The van der Waals surface area contributed by atoms with Gasteiger partial charge in [0.15, 0.2) is 11.6 Å². The molecule has 0 saturated heterocycles. The van der Waals surface area contributed by atoms with Crippen LogP contribution in [0.25, 0.3) is 11.0 Å². The molecule has 3 heterocycles. The van der Waals surface area contributed by atoms with Gasteiger partial charge in [-0.25, -0.2) is 22.7 Å². The van der Waals surface area contributed by atoms with Crippen molar-refractivity contribution in [1.82, 2.24) is 23.8 Å². The van der Waals surface area contributed by atoms with E-state index in [-0.39, 0.29) is 17.2 Å². The fourth-order valence-corrected chi connectivity index (χ4v) is 4.41. The Labute approximate surface area is 203 Å². The number of fused-ring (bicyclic) bond motifs is 1. The molecule has 0 radical (unpaired) electrons. The van der Waals surface area contributed by atoms with Gasteiger partial charge in [0, 0.05) is 52.6 Å². The summed E-state index contributed by atoms with van der Waals surface area (Å²) in [6.45, 7) is 0.322. The molecule has 182 valence electrons. The summed E-state index contributed by atoms with van der Waals surface area (Å²) in [6, 6.07) is 12.0. The fourth-order valence-electron chi connectivity index (χ4n) is 3.49. The molecule has 0 aliphatic rings. The number of amides is 1. The molecule has 1 N–H and O–H groups in total. The van der Waals surface area contributed by atoms with E-state index in [0.29, 0.717) is 35.9 Å². The van der Waals surface area contributed by atoms with E-state index in [9.17, 15) is 13.2 Å². The molecule has 0 bridgehead atoms. The van der Waals surface area contributed by atoms with Crippen LogP contribution in [0.3, 0.4) is 0 Å². The SMILES string of the molecule is CN(C)S(=O)(=O)c1ccc2c(c1)nc(CCC(=O)Nc1ncccc1OCc1ccncc1)n2C. The number of aromatic nitrogens is 4. The van der Waals surface area contributed by atoms with Crippen LogP contribution < -0.4 is 10.1 Å². The third-order valence-electron chi connectivity index (χ3n) is 5.47. The number of hydrogen-bond donors (Lipinski definition) is 1. The topological polar surface area (TPSA) is 119 Å². The molecule has 0 spiro atoms. The Morgan fingerprint density at radius 2 is 1.89 bits per heavy atom. The first-order valence-corrected chi connectivity index (χ1v) is 12.3. The Kier molecular flexibility index (Phi) is 7.08. The first-order valence-electron chi connectivity index (χ1n) is 10.9. The maximum absolute atomic E-state index is 12.7. The van der Waals surface area contributed by atoms with Crippen LogP contribution in [-0.2, 0) is 34.9 Å². The Balaban J connectivity index is 1.43. The summed E-state index contributed by atoms with van der Waals surface area (Å²) in [6.07, 6.45) is 5.49. The van der Waals surface area contributed by atoms with Crippen molar-refractivity contribution in [3.05, 3.63) is 72.4 Å². The number of rotatable bonds is 9. The van der Waals surface area contributed by atoms with Gasteiger partial charge in [0.25, 0.3) is 0 Å². The number of anilines is 1. The molecule has 0 atom stereocenters. The third-order valence-corrected chi connectivity index (χ3v) is 7.28. The van der Waals surface area contributed by atoms with Gasteiger partial charge in [0.2, 0.25) is 15.9 Å². The summed E-state index contributed by atoms with van der Waals surface area (Å²) in [5, 5.41) is 2.80. The number of nitrogens with zero attached hydrogens (tertiary/aromatic N) is 5. The molecule has 10 nitrogen and oxygen atoms in total. The zero-order chi connectivity index (χ0) is 25.0. The van der Waals surface area contributed by atoms with Crippen LogP contribution in [0.5, 0.6) is 5.75 Å². The molecule has 0 aliphatic heterocycles. The van der Waals surface area contributed by atoms with Crippen molar-refractivity contribution < 1.29 is 17.9 Å². The first kappa shape index (κ1) is 24.3. The number of nitrogens with one attached hydrogen (secondary N) is 1. The predicted octanol–water partition coefficient (Wildman–Crippen LogP) is 2.76. The second kappa shape index (κ2) is 10.2. The average molecular weight is 495 g/mol. The molecule has 4 rings (SSSR count). The van der Waals surface area contributed by atoms with E-state index in [4.69, 9.17) is 4.74 Å². The highest BCUT2D eigenvalue weighted by Gasteiger charge is 2.19. The summed E-state index contributed by atoms with van der Waals surface area (Å²) >= 11 is 0. The van der Waals surface area contributed by atoms with E-state index in [2.05, 4.69) is 20.3 Å². The van der Waals surface area contributed by atoms with Crippen molar-refractivity contribution in [2.45, 2.75) is 24.3 Å². The molecule has 0 aliphatic carbocycles. The van der Waals surface area contributed by atoms with E-state index in [1.165, 1.54) is 14.1 Å². The highest BCUT2D eigenvalue weighted by molar-refractivity contribution is 7.89. The molecule has 4 aromatic rings. The lowest BCUT2D eigenvalue weighted by atomic mass is 10.2. The molecule has 1 aromatic carbocycles. The zero-order valence-corrected chi connectivity index (χ0v) is 20.5. The fraction of sp³-hybridized carbons (Fsp3) is 0.250. The van der Waals surface area contributed by atoms with Crippen molar-refractivity contribution >= 4 is 32.8 Å². The number of hydrogen-bond acceptors (Lipinski definition) is 7. The van der Waals surface area contributed by atoms with Crippen LogP contribution in [-0.4, -0.2) is 52.2 Å². The van der Waals surface area contributed by atoms with Crippen LogP contribution in [0.2, 0.25) is 0 Å². The van der Waals surface area contributed by atoms with Crippen molar-refractivity contribution in [2.75, 3.05) is 19.4 Å². The number of carbonyl (C=O) groups excluding carboxylic acids is 1. The zero-order valence-electron chi connectivity index (χ0n) is 19.7. The maximum atomic E-state index is 12.7. The summed E-state index contributed by atoms with van der Waals surface area (Å²) in [5.74, 6) is 1.25. The Hall–Kier alpha value is -3.83. The largest absolute Gasteiger partial charge is 0.485 e. The van der Waals surface area contributed by atoms with Gasteiger partial charge in [-0.2, -0.15) is 0 Å². The van der Waals surface area contributed by atoms with Crippen LogP contribution in [0, 0.1) is 0 Å². The molecular weight excluding hydrogens is 468 g/mol. The second-order valence-electron chi connectivity index (χ2n) is 8.07. The van der Waals surface area contributed by atoms with Gasteiger partial charge >= 0.3 is 0 Å². The monoisotopic (exact) mass is 494 g/mol. The molecule has 0 unspecified atom stereocenters. The second-order valence-corrected chi connectivity index (χ2v) is 10.2. The van der Waals surface area contributed by atoms with Gasteiger partial charge in [0.05, 0.1) is 15.9 Å². The van der Waals surface area contributed by atoms with Crippen LogP contribution >= 0.6 is 0 Å². The Morgan fingerprint density at radius 3 is 2.63 bits per heavy atom. The predicted molar refractivity (Wildman–Crippen MR) is 131 cm³/mol. The van der Waals surface area contributed by atoms with Gasteiger partial charge < -0.3 is 14.6 Å². The quantitative estimate of drug-likeness (QED) is 0.380. The van der Waals surface area contributed by atoms with Crippen LogP contribution in [0.15, 0.2) is 66.0 Å². The van der Waals surface area contributed by atoms with Crippen molar-refractivity contribution in [1.29, 1.82) is 0 Å². The molecule has 0 fully saturated rings. The van der Waals surface area contributed by atoms with E-state index < -0.39 is 10.0 Å². The number of ether oxygens (including phenoxy) is 1. The van der Waals surface area contributed by atoms with Crippen LogP contribution in [0.1, 0.15) is 17.8 Å². The smallest absolute Gasteiger partial charge is 0.242 e. The van der Waals surface area contributed by atoms with E-state index in [1.807, 2.05) is 23.7 Å². The summed E-state index contributed by atoms with van der Waals surface area (Å²) < 4.78 is 33.7.